The van der Waals surface area contributed by atoms with Crippen LogP contribution in [0.15, 0.2) is 12.1 Å². The van der Waals surface area contributed by atoms with Gasteiger partial charge in [0.15, 0.2) is 0 Å². The highest BCUT2D eigenvalue weighted by Crippen LogP contribution is 2.41. The van der Waals surface area contributed by atoms with Crippen LogP contribution in [0.5, 0.6) is 5.75 Å². The number of nitrogens with two attached hydrogens (primary N) is 1. The first-order valence-electron chi connectivity index (χ1n) is 6.29. The fourth-order valence-electron chi connectivity index (χ4n) is 2.58. The van der Waals surface area contributed by atoms with E-state index in [1.165, 1.54) is 36.0 Å². The number of nitrogens with one attached hydrogen (secondary N) is 1. The van der Waals surface area contributed by atoms with E-state index in [1.54, 1.807) is 7.11 Å². The Hall–Kier alpha value is -1.06. The molecule has 3 nitrogen and oxygen atoms in total. The fourth-order valence-corrected chi connectivity index (χ4v) is 2.58. The van der Waals surface area contributed by atoms with Crippen molar-refractivity contribution >= 4 is 0 Å². The van der Waals surface area contributed by atoms with Crippen LogP contribution in [0.3, 0.4) is 0 Å². The molecule has 1 atom stereocenters. The molecule has 0 radical (unpaired) electrons. The van der Waals surface area contributed by atoms with Crippen molar-refractivity contribution in [3.05, 3.63) is 28.8 Å². The minimum Gasteiger partial charge on any atom is -0.496 e. The minimum atomic E-state index is 0.220. The van der Waals surface area contributed by atoms with Crippen molar-refractivity contribution in [3.63, 3.8) is 0 Å². The summed E-state index contributed by atoms with van der Waals surface area (Å²) in [4.78, 5) is 0. The Morgan fingerprint density at radius 1 is 1.35 bits per heavy atom. The summed E-state index contributed by atoms with van der Waals surface area (Å²) in [6, 6.07) is 4.51. The highest BCUT2D eigenvalue weighted by Gasteiger charge is 2.30. The molecular formula is C14H22N2O. The maximum atomic E-state index is 5.72. The molecule has 0 saturated heterocycles. The van der Waals surface area contributed by atoms with Crippen molar-refractivity contribution in [2.75, 3.05) is 7.11 Å². The molecule has 2 rings (SSSR count). The van der Waals surface area contributed by atoms with Crippen LogP contribution in [0.2, 0.25) is 0 Å². The quantitative estimate of drug-likeness (QED) is 0.622. The van der Waals surface area contributed by atoms with Gasteiger partial charge in [0.1, 0.15) is 5.75 Å². The van der Waals surface area contributed by atoms with Crippen LogP contribution in [0.25, 0.3) is 0 Å². The first-order chi connectivity index (χ1) is 8.19. The average Bonchev–Trinajstić information content (AvgIpc) is 2.27. The van der Waals surface area contributed by atoms with Crippen LogP contribution in [0.4, 0.5) is 0 Å². The van der Waals surface area contributed by atoms with Crippen LogP contribution in [-0.4, -0.2) is 7.11 Å². The Labute approximate surface area is 103 Å². The van der Waals surface area contributed by atoms with Crippen molar-refractivity contribution in [3.8, 4) is 5.75 Å². The molecule has 0 aromatic heterocycles. The topological polar surface area (TPSA) is 47.3 Å². The van der Waals surface area contributed by atoms with Gasteiger partial charge in [0, 0.05) is 5.56 Å². The molecule has 1 saturated carbocycles. The van der Waals surface area contributed by atoms with E-state index < -0.39 is 0 Å². The van der Waals surface area contributed by atoms with Gasteiger partial charge < -0.3 is 4.74 Å². The molecule has 3 heteroatoms. The zero-order valence-corrected chi connectivity index (χ0v) is 10.9. The third-order valence-electron chi connectivity index (χ3n) is 4.05. The van der Waals surface area contributed by atoms with Crippen molar-refractivity contribution < 1.29 is 4.74 Å². The van der Waals surface area contributed by atoms with Gasteiger partial charge in [0.2, 0.25) is 0 Å². The molecule has 1 aliphatic carbocycles. The zero-order chi connectivity index (χ0) is 12.4. The van der Waals surface area contributed by atoms with Gasteiger partial charge in [-0.05, 0) is 43.7 Å². The molecule has 94 valence electrons. The number of methoxy groups -OCH3 is 1. The fraction of sp³-hybridized carbons (Fsp3) is 0.571. The van der Waals surface area contributed by atoms with E-state index in [4.69, 9.17) is 10.6 Å². The molecule has 3 N–H and O–H groups in total. The van der Waals surface area contributed by atoms with E-state index in [9.17, 15) is 0 Å². The number of hydrogen-bond donors (Lipinski definition) is 2. The number of benzene rings is 1. The van der Waals surface area contributed by atoms with Crippen LogP contribution < -0.4 is 16.0 Å². The Kier molecular flexibility index (Phi) is 3.69. The summed E-state index contributed by atoms with van der Waals surface area (Å²) in [5, 5.41) is 0. The number of ether oxygens (including phenoxy) is 1. The molecular weight excluding hydrogens is 212 g/mol. The van der Waals surface area contributed by atoms with Crippen LogP contribution in [0.1, 0.15) is 42.0 Å². The Morgan fingerprint density at radius 2 is 2.06 bits per heavy atom. The van der Waals surface area contributed by atoms with Crippen molar-refractivity contribution in [1.82, 2.24) is 5.43 Å². The number of aryl methyl sites for hydroxylation is 1. The molecule has 1 fully saturated rings. The summed E-state index contributed by atoms with van der Waals surface area (Å²) in [6.45, 7) is 4.21. The molecule has 0 aliphatic heterocycles. The van der Waals surface area contributed by atoms with Gasteiger partial charge in [0.25, 0.3) is 0 Å². The highest BCUT2D eigenvalue weighted by molar-refractivity contribution is 5.47. The normalized spacial score (nSPS) is 17.6. The summed E-state index contributed by atoms with van der Waals surface area (Å²) in [5.41, 5.74) is 6.63. The number of rotatable bonds is 4. The van der Waals surface area contributed by atoms with Crippen molar-refractivity contribution in [1.29, 1.82) is 0 Å². The first-order valence-corrected chi connectivity index (χ1v) is 6.29. The maximum Gasteiger partial charge on any atom is 0.126 e. The molecule has 1 unspecified atom stereocenters. The lowest BCUT2D eigenvalue weighted by atomic mass is 9.77. The van der Waals surface area contributed by atoms with E-state index >= 15 is 0 Å². The Morgan fingerprint density at radius 3 is 2.53 bits per heavy atom. The molecule has 1 aromatic carbocycles. The average molecular weight is 234 g/mol. The summed E-state index contributed by atoms with van der Waals surface area (Å²) < 4.78 is 5.56. The van der Waals surface area contributed by atoms with E-state index in [2.05, 4.69) is 31.4 Å². The third kappa shape index (κ3) is 2.17. The molecule has 1 aliphatic rings. The molecule has 1 aromatic rings. The summed E-state index contributed by atoms with van der Waals surface area (Å²) >= 11 is 0. The monoisotopic (exact) mass is 234 g/mol. The second-order valence-corrected chi connectivity index (χ2v) is 4.97. The SMILES string of the molecule is COc1c(C(NN)C2CCC2)ccc(C)c1C. The maximum absolute atomic E-state index is 5.72. The highest BCUT2D eigenvalue weighted by atomic mass is 16.5. The van der Waals surface area contributed by atoms with Crippen molar-refractivity contribution in [2.24, 2.45) is 11.8 Å². The molecule has 0 spiro atoms. The van der Waals surface area contributed by atoms with E-state index in [0.29, 0.717) is 5.92 Å². The molecule has 0 amide bonds. The Balaban J connectivity index is 2.38. The van der Waals surface area contributed by atoms with Gasteiger partial charge >= 0.3 is 0 Å². The van der Waals surface area contributed by atoms with Crippen LogP contribution in [0, 0.1) is 19.8 Å². The second kappa shape index (κ2) is 5.07. The van der Waals surface area contributed by atoms with Crippen LogP contribution in [-0.2, 0) is 0 Å². The summed E-state index contributed by atoms with van der Waals surface area (Å²) in [7, 11) is 1.74. The Bertz CT molecular complexity index is 399. The molecule has 0 heterocycles. The molecule has 17 heavy (non-hydrogen) atoms. The predicted octanol–water partition coefficient (Wildman–Crippen LogP) is 2.62. The van der Waals surface area contributed by atoms with Gasteiger partial charge in [-0.15, -0.1) is 0 Å². The number of hydrazine groups is 1. The largest absolute Gasteiger partial charge is 0.496 e. The lowest BCUT2D eigenvalue weighted by molar-refractivity contribution is 0.227. The summed E-state index contributed by atoms with van der Waals surface area (Å²) in [5.74, 6) is 7.36. The van der Waals surface area contributed by atoms with E-state index in [-0.39, 0.29) is 6.04 Å². The number of hydrogen-bond acceptors (Lipinski definition) is 3. The predicted molar refractivity (Wildman–Crippen MR) is 69.9 cm³/mol. The minimum absolute atomic E-state index is 0.220. The first kappa shape index (κ1) is 12.4. The summed E-state index contributed by atoms with van der Waals surface area (Å²) in [6.07, 6.45) is 3.83. The third-order valence-corrected chi connectivity index (χ3v) is 4.05. The zero-order valence-electron chi connectivity index (χ0n) is 10.9. The van der Waals surface area contributed by atoms with Gasteiger partial charge in [-0.1, -0.05) is 18.6 Å². The van der Waals surface area contributed by atoms with E-state index in [0.717, 1.165) is 5.75 Å². The van der Waals surface area contributed by atoms with Gasteiger partial charge in [-0.25, -0.2) is 0 Å². The van der Waals surface area contributed by atoms with Crippen molar-refractivity contribution in [2.45, 2.75) is 39.2 Å². The van der Waals surface area contributed by atoms with E-state index in [1.807, 2.05) is 0 Å². The van der Waals surface area contributed by atoms with Crippen LogP contribution >= 0.6 is 0 Å². The smallest absolute Gasteiger partial charge is 0.126 e. The van der Waals surface area contributed by atoms with Gasteiger partial charge in [0.05, 0.1) is 13.2 Å². The lowest BCUT2D eigenvalue weighted by Crippen LogP contribution is -2.36. The second-order valence-electron chi connectivity index (χ2n) is 4.97. The van der Waals surface area contributed by atoms with Gasteiger partial charge in [-0.2, -0.15) is 0 Å². The molecule has 0 bridgehead atoms. The lowest BCUT2D eigenvalue weighted by Gasteiger charge is -2.34. The standard InChI is InChI=1S/C14H22N2O/c1-9-7-8-12(14(17-3)10(9)2)13(16-15)11-5-4-6-11/h7-8,11,13,16H,4-6,15H2,1-3H3. The van der Waals surface area contributed by atoms with Gasteiger partial charge in [-0.3, -0.25) is 11.3 Å².